The van der Waals surface area contributed by atoms with E-state index in [1.54, 1.807) is 33.7 Å². The second-order valence-electron chi connectivity index (χ2n) is 7.63. The van der Waals surface area contributed by atoms with Crippen LogP contribution in [0, 0.1) is 0 Å². The highest BCUT2D eigenvalue weighted by molar-refractivity contribution is 8.01. The Kier molecular flexibility index (Phi) is 3.94. The van der Waals surface area contributed by atoms with Gasteiger partial charge < -0.3 is 9.80 Å². The number of β-lactam (4-membered cyclic amide) rings is 1. The van der Waals surface area contributed by atoms with E-state index in [0.29, 0.717) is 17.5 Å². The fraction of sp³-hybridized carbons (Fsp3) is 0.471. The maximum atomic E-state index is 13.0. The Labute approximate surface area is 170 Å². The number of amides is 2. The van der Waals surface area contributed by atoms with Crippen molar-refractivity contribution in [3.05, 3.63) is 40.7 Å². The monoisotopic (exact) mass is 419 g/mol. The van der Waals surface area contributed by atoms with E-state index in [0.717, 1.165) is 5.56 Å². The zero-order valence-corrected chi connectivity index (χ0v) is 16.7. The molecule has 11 heteroatoms. The van der Waals surface area contributed by atoms with E-state index >= 15 is 0 Å². The first-order chi connectivity index (χ1) is 13.4. The van der Waals surface area contributed by atoms with Crippen molar-refractivity contribution >= 4 is 35.2 Å². The van der Waals surface area contributed by atoms with E-state index in [9.17, 15) is 9.59 Å². The molecule has 0 bridgehead atoms. The maximum Gasteiger partial charge on any atom is 0.250 e. The van der Waals surface area contributed by atoms with Crippen molar-refractivity contribution in [3.63, 3.8) is 0 Å². The molecule has 0 saturated carbocycles. The first-order valence-corrected chi connectivity index (χ1v) is 10.2. The summed E-state index contributed by atoms with van der Waals surface area (Å²) in [6.07, 6.45) is 0. The predicted octanol–water partition coefficient (Wildman–Crippen LogP) is 1.09. The standard InChI is InChI=1S/C17H18ClN7O2S/c1-17(2)12(13-20-22-23-21-13)25-15(27)11(16(25)28-17)24-7-19-10(14(24)26)8-3-5-9(18)6-4-8/h3-6,10-12,16,19H,7H2,1-2H3,(H,20,21,22,23). The van der Waals surface area contributed by atoms with Crippen LogP contribution < -0.4 is 5.32 Å². The number of tetrazole rings is 1. The molecular formula is C17H18ClN7O2S. The molecule has 4 unspecified atom stereocenters. The highest BCUT2D eigenvalue weighted by atomic mass is 35.5. The molecule has 0 radical (unpaired) electrons. The molecule has 0 spiro atoms. The highest BCUT2D eigenvalue weighted by Gasteiger charge is 2.65. The van der Waals surface area contributed by atoms with Gasteiger partial charge in [0.05, 0.1) is 6.67 Å². The zero-order chi connectivity index (χ0) is 19.6. The van der Waals surface area contributed by atoms with Crippen LogP contribution in [-0.2, 0) is 9.59 Å². The summed E-state index contributed by atoms with van der Waals surface area (Å²) in [5.41, 5.74) is 0.838. The summed E-state index contributed by atoms with van der Waals surface area (Å²) in [4.78, 5) is 29.5. The minimum absolute atomic E-state index is 0.0789. The van der Waals surface area contributed by atoms with E-state index in [1.807, 2.05) is 12.1 Å². The van der Waals surface area contributed by atoms with Gasteiger partial charge in [-0.3, -0.25) is 14.9 Å². The average molecular weight is 420 g/mol. The number of rotatable bonds is 3. The Balaban J connectivity index is 1.38. The van der Waals surface area contributed by atoms with Crippen LogP contribution in [0.1, 0.15) is 37.3 Å². The van der Waals surface area contributed by atoms with Gasteiger partial charge in [-0.15, -0.1) is 22.0 Å². The molecule has 3 saturated heterocycles. The van der Waals surface area contributed by atoms with Crippen molar-refractivity contribution in [3.8, 4) is 0 Å². The molecule has 146 valence electrons. The molecule has 5 rings (SSSR count). The molecule has 3 aliphatic rings. The Bertz CT molecular complexity index is 935. The lowest BCUT2D eigenvalue weighted by atomic mass is 9.94. The smallest absolute Gasteiger partial charge is 0.250 e. The highest BCUT2D eigenvalue weighted by Crippen LogP contribution is 2.57. The van der Waals surface area contributed by atoms with Crippen LogP contribution in [0.25, 0.3) is 0 Å². The Morgan fingerprint density at radius 3 is 2.64 bits per heavy atom. The molecule has 1 aromatic carbocycles. The lowest BCUT2D eigenvalue weighted by Crippen LogP contribution is -2.68. The van der Waals surface area contributed by atoms with Crippen molar-refractivity contribution in [2.24, 2.45) is 0 Å². The van der Waals surface area contributed by atoms with Gasteiger partial charge in [0, 0.05) is 9.77 Å². The molecule has 0 aliphatic carbocycles. The minimum Gasteiger partial charge on any atom is -0.314 e. The fourth-order valence-corrected chi connectivity index (χ4v) is 6.08. The van der Waals surface area contributed by atoms with Gasteiger partial charge in [0.15, 0.2) is 5.82 Å². The molecule has 1 aromatic heterocycles. The van der Waals surface area contributed by atoms with Crippen LogP contribution in [0.3, 0.4) is 0 Å². The summed E-state index contributed by atoms with van der Waals surface area (Å²) >= 11 is 7.61. The number of nitrogens with one attached hydrogen (secondary N) is 2. The van der Waals surface area contributed by atoms with E-state index in [1.165, 1.54) is 0 Å². The maximum absolute atomic E-state index is 13.0. The predicted molar refractivity (Wildman–Crippen MR) is 102 cm³/mol. The van der Waals surface area contributed by atoms with E-state index < -0.39 is 12.1 Å². The number of aromatic nitrogens is 4. The van der Waals surface area contributed by atoms with Crippen LogP contribution in [0.5, 0.6) is 0 Å². The van der Waals surface area contributed by atoms with E-state index in [4.69, 9.17) is 11.6 Å². The zero-order valence-electron chi connectivity index (χ0n) is 15.2. The van der Waals surface area contributed by atoms with Crippen molar-refractivity contribution in [1.29, 1.82) is 0 Å². The Morgan fingerprint density at radius 2 is 1.96 bits per heavy atom. The lowest BCUT2D eigenvalue weighted by Gasteiger charge is -2.47. The van der Waals surface area contributed by atoms with Gasteiger partial charge >= 0.3 is 0 Å². The van der Waals surface area contributed by atoms with Gasteiger partial charge in [-0.05, 0) is 31.5 Å². The van der Waals surface area contributed by atoms with E-state index in [-0.39, 0.29) is 28.0 Å². The van der Waals surface area contributed by atoms with Crippen LogP contribution in [-0.4, -0.2) is 65.1 Å². The summed E-state index contributed by atoms with van der Waals surface area (Å²) < 4.78 is -0.287. The number of carbonyl (C=O) groups excluding carboxylic acids is 2. The molecule has 4 atom stereocenters. The fourth-order valence-electron chi connectivity index (χ4n) is 4.26. The molecule has 9 nitrogen and oxygen atoms in total. The normalized spacial score (nSPS) is 31.2. The third-order valence-electron chi connectivity index (χ3n) is 5.55. The molecule has 4 heterocycles. The van der Waals surface area contributed by atoms with Crippen molar-refractivity contribution < 1.29 is 9.59 Å². The van der Waals surface area contributed by atoms with Gasteiger partial charge in [-0.2, -0.15) is 5.21 Å². The van der Waals surface area contributed by atoms with Crippen LogP contribution in [0.2, 0.25) is 5.02 Å². The van der Waals surface area contributed by atoms with Crippen molar-refractivity contribution in [2.45, 2.75) is 42.1 Å². The van der Waals surface area contributed by atoms with Crippen LogP contribution in [0.4, 0.5) is 0 Å². The molecular weight excluding hydrogens is 402 g/mol. The van der Waals surface area contributed by atoms with Gasteiger partial charge in [0.25, 0.3) is 0 Å². The van der Waals surface area contributed by atoms with Crippen LogP contribution >= 0.6 is 23.4 Å². The lowest BCUT2D eigenvalue weighted by molar-refractivity contribution is -0.161. The van der Waals surface area contributed by atoms with Gasteiger partial charge in [0.2, 0.25) is 11.8 Å². The number of halogens is 1. The largest absolute Gasteiger partial charge is 0.314 e. The number of hydrogen-bond acceptors (Lipinski definition) is 7. The number of aromatic amines is 1. The third kappa shape index (κ3) is 2.48. The Morgan fingerprint density at radius 1 is 1.21 bits per heavy atom. The molecule has 28 heavy (non-hydrogen) atoms. The van der Waals surface area contributed by atoms with Crippen molar-refractivity contribution in [2.75, 3.05) is 6.67 Å². The summed E-state index contributed by atoms with van der Waals surface area (Å²) in [5.74, 6) is 0.322. The number of hydrogen-bond donors (Lipinski definition) is 2. The SMILES string of the molecule is CC1(C)SC2C(N3CNC(c4ccc(Cl)cc4)C3=O)C(=O)N2C1c1nn[nH]n1. The molecule has 3 fully saturated rings. The van der Waals surface area contributed by atoms with Gasteiger partial charge in [-0.25, -0.2) is 0 Å². The number of H-pyrrole nitrogens is 1. The third-order valence-corrected chi connectivity index (χ3v) is 7.36. The number of benzene rings is 1. The second-order valence-corrected chi connectivity index (χ2v) is 9.84. The topological polar surface area (TPSA) is 107 Å². The number of nitrogens with zero attached hydrogens (tertiary/aromatic N) is 5. The molecule has 2 N–H and O–H groups in total. The second kappa shape index (κ2) is 6.16. The summed E-state index contributed by atoms with van der Waals surface area (Å²) in [5, 5.41) is 18.0. The summed E-state index contributed by atoms with van der Waals surface area (Å²) in [6, 6.07) is 5.95. The molecule has 2 amide bonds. The number of carbonyl (C=O) groups is 2. The Hall–Kier alpha value is -2.17. The molecule has 3 aliphatic heterocycles. The quantitative estimate of drug-likeness (QED) is 0.717. The number of fused-ring (bicyclic) bond motifs is 1. The average Bonchev–Trinajstić information content (AvgIpc) is 3.35. The number of thioether (sulfide) groups is 1. The summed E-state index contributed by atoms with van der Waals surface area (Å²) in [6.45, 7) is 4.45. The van der Waals surface area contributed by atoms with Gasteiger partial charge in [0.1, 0.15) is 23.5 Å². The minimum atomic E-state index is -0.488. The van der Waals surface area contributed by atoms with Gasteiger partial charge in [-0.1, -0.05) is 28.9 Å². The first-order valence-electron chi connectivity index (χ1n) is 8.91. The molecule has 2 aromatic rings. The van der Waals surface area contributed by atoms with E-state index in [2.05, 4.69) is 39.8 Å². The summed E-state index contributed by atoms with van der Waals surface area (Å²) in [7, 11) is 0. The first kappa shape index (κ1) is 17.9. The van der Waals surface area contributed by atoms with Crippen LogP contribution in [0.15, 0.2) is 24.3 Å². The van der Waals surface area contributed by atoms with Crippen molar-refractivity contribution in [1.82, 2.24) is 35.7 Å².